The van der Waals surface area contributed by atoms with Gasteiger partial charge in [-0.05, 0) is 26.2 Å². The summed E-state index contributed by atoms with van der Waals surface area (Å²) in [6, 6.07) is 9.91. The molecule has 1 aromatic heterocycles. The fourth-order valence-electron chi connectivity index (χ4n) is 5.22. The number of amides is 3. The molecule has 2 aromatic rings. The lowest BCUT2D eigenvalue weighted by Crippen LogP contribution is -2.56. The van der Waals surface area contributed by atoms with Crippen LogP contribution in [0.1, 0.15) is 43.1 Å². The third-order valence-corrected chi connectivity index (χ3v) is 7.38. The lowest BCUT2D eigenvalue weighted by Gasteiger charge is -2.36. The lowest BCUT2D eigenvalue weighted by molar-refractivity contribution is -0.138. The van der Waals surface area contributed by atoms with E-state index in [-0.39, 0.29) is 57.4 Å². The third kappa shape index (κ3) is 7.72. The number of hydrogen-bond acceptors (Lipinski definition) is 9. The number of nitrogens with one attached hydrogen (secondary N) is 1. The second-order valence-corrected chi connectivity index (χ2v) is 10.2. The molecular weight excluding hydrogens is 544 g/mol. The zero-order valence-electron chi connectivity index (χ0n) is 24.0. The molecule has 3 heterocycles. The molecule has 2 aliphatic heterocycles. The van der Waals surface area contributed by atoms with Crippen LogP contribution in [0.5, 0.6) is 0 Å². The highest BCUT2D eigenvalue weighted by molar-refractivity contribution is 5.97. The zero-order chi connectivity index (χ0) is 30.1. The van der Waals surface area contributed by atoms with Crippen LogP contribution in [0.25, 0.3) is 11.4 Å². The van der Waals surface area contributed by atoms with Crippen molar-refractivity contribution in [1.82, 2.24) is 25.1 Å². The molecule has 2 unspecified atom stereocenters. The quantitative estimate of drug-likeness (QED) is 0.402. The molecule has 0 radical (unpaired) electrons. The number of hydrogen-bond donors (Lipinski definition) is 2. The average molecular weight is 583 g/mol. The van der Waals surface area contributed by atoms with Crippen molar-refractivity contribution in [1.29, 1.82) is 0 Å². The van der Waals surface area contributed by atoms with E-state index in [4.69, 9.17) is 14.5 Å². The first kappa shape index (κ1) is 30.7. The van der Waals surface area contributed by atoms with Crippen LogP contribution >= 0.6 is 0 Å². The van der Waals surface area contributed by atoms with Gasteiger partial charge in [0.05, 0.1) is 19.3 Å². The molecule has 0 spiro atoms. The topological polar surface area (TPSA) is 154 Å². The number of anilines is 1. The Morgan fingerprint density at radius 2 is 1.76 bits per heavy atom. The van der Waals surface area contributed by atoms with Gasteiger partial charge >= 0.3 is 12.1 Å². The average Bonchev–Trinajstić information content (AvgIpc) is 3.47. The van der Waals surface area contributed by atoms with Crippen molar-refractivity contribution in [3.8, 4) is 11.4 Å². The molecule has 4 rings (SSSR count). The maximum atomic E-state index is 13.6. The summed E-state index contributed by atoms with van der Waals surface area (Å²) in [5.41, 5.74) is 0.802. The Labute approximate surface area is 244 Å². The van der Waals surface area contributed by atoms with Crippen molar-refractivity contribution >= 4 is 29.7 Å². The third-order valence-electron chi connectivity index (χ3n) is 7.38. The molecule has 2 N–H and O–H groups in total. The molecule has 0 aliphatic carbocycles. The first-order valence-corrected chi connectivity index (χ1v) is 14.2. The number of carboxylic acid groups (broad SMARTS) is 1. The van der Waals surface area contributed by atoms with E-state index in [9.17, 15) is 24.3 Å². The van der Waals surface area contributed by atoms with Gasteiger partial charge in [-0.25, -0.2) is 14.8 Å². The molecule has 2 saturated heterocycles. The normalized spacial score (nSPS) is 17.6. The molecule has 1 aromatic carbocycles. The Hall–Kier alpha value is -4.26. The van der Waals surface area contributed by atoms with E-state index in [0.29, 0.717) is 18.2 Å². The van der Waals surface area contributed by atoms with Crippen LogP contribution in [0.2, 0.25) is 0 Å². The molecule has 2 atom stereocenters. The van der Waals surface area contributed by atoms with Gasteiger partial charge in [0.1, 0.15) is 17.6 Å². The number of rotatable bonds is 11. The van der Waals surface area contributed by atoms with Crippen LogP contribution in [0.3, 0.4) is 0 Å². The maximum absolute atomic E-state index is 13.6. The minimum absolute atomic E-state index is 0.0715. The first-order chi connectivity index (χ1) is 20.3. The number of piperazine rings is 1. The molecular formula is C29H38N6O7. The molecule has 13 heteroatoms. The van der Waals surface area contributed by atoms with Gasteiger partial charge in [0.25, 0.3) is 5.91 Å². The highest BCUT2D eigenvalue weighted by Crippen LogP contribution is 2.27. The number of carbonyl (C=O) groups excluding carboxylic acids is 3. The van der Waals surface area contributed by atoms with Gasteiger partial charge in [-0.3, -0.25) is 14.4 Å². The Morgan fingerprint density at radius 1 is 1.05 bits per heavy atom. The Kier molecular flexibility index (Phi) is 10.7. The highest BCUT2D eigenvalue weighted by Gasteiger charge is 2.32. The molecule has 226 valence electrons. The first-order valence-electron chi connectivity index (χ1n) is 14.2. The van der Waals surface area contributed by atoms with Gasteiger partial charge in [-0.15, -0.1) is 0 Å². The van der Waals surface area contributed by atoms with Crippen LogP contribution < -0.4 is 10.2 Å². The van der Waals surface area contributed by atoms with Crippen molar-refractivity contribution < 1.29 is 33.8 Å². The number of aromatic nitrogens is 2. The van der Waals surface area contributed by atoms with Crippen molar-refractivity contribution in [2.75, 3.05) is 57.9 Å². The van der Waals surface area contributed by atoms with Crippen LogP contribution in [0, 0.1) is 0 Å². The molecule has 3 amide bonds. The summed E-state index contributed by atoms with van der Waals surface area (Å²) in [5.74, 6) is -1.15. The molecule has 2 fully saturated rings. The maximum Gasteiger partial charge on any atom is 0.409 e. The van der Waals surface area contributed by atoms with Crippen molar-refractivity contribution in [3.63, 3.8) is 0 Å². The molecule has 0 bridgehead atoms. The van der Waals surface area contributed by atoms with Crippen LogP contribution in [0.15, 0.2) is 36.4 Å². The van der Waals surface area contributed by atoms with E-state index < -0.39 is 29.9 Å². The number of benzene rings is 1. The summed E-state index contributed by atoms with van der Waals surface area (Å²) in [7, 11) is 1.65. The summed E-state index contributed by atoms with van der Waals surface area (Å²) < 4.78 is 10.4. The van der Waals surface area contributed by atoms with Crippen LogP contribution in [0.4, 0.5) is 10.6 Å². The standard InChI is InChI=1S/C29H38N6O7/c1-3-42-29(40)34-16-14-33(15-17-34)28(39)22(11-12-25(36)37)31-27(38)23-18-24(35-13-7-10-21(35)19-41-2)32-26(30-23)20-8-5-4-6-9-20/h4-6,8-9,18,21-22H,3,7,10-17,19H2,1-2H3,(H,31,38)(H,36,37). The minimum Gasteiger partial charge on any atom is -0.481 e. The highest BCUT2D eigenvalue weighted by atomic mass is 16.6. The second kappa shape index (κ2) is 14.6. The number of aliphatic carboxylic acids is 1. The monoisotopic (exact) mass is 582 g/mol. The van der Waals surface area contributed by atoms with E-state index in [1.54, 1.807) is 20.1 Å². The lowest BCUT2D eigenvalue weighted by atomic mass is 10.1. The predicted octanol–water partition coefficient (Wildman–Crippen LogP) is 2.02. The largest absolute Gasteiger partial charge is 0.481 e. The Morgan fingerprint density at radius 3 is 2.43 bits per heavy atom. The Bertz CT molecular complexity index is 1250. The van der Waals surface area contributed by atoms with Gasteiger partial charge in [0, 0.05) is 57.9 Å². The van der Waals surface area contributed by atoms with Crippen LogP contribution in [-0.4, -0.2) is 114 Å². The zero-order valence-corrected chi connectivity index (χ0v) is 24.0. The number of methoxy groups -OCH3 is 1. The van der Waals surface area contributed by atoms with Gasteiger partial charge < -0.3 is 34.6 Å². The van der Waals surface area contributed by atoms with E-state index in [2.05, 4.69) is 15.2 Å². The fourth-order valence-corrected chi connectivity index (χ4v) is 5.22. The Balaban J connectivity index is 1.57. The smallest absolute Gasteiger partial charge is 0.409 e. The number of ether oxygens (including phenoxy) is 2. The van der Waals surface area contributed by atoms with E-state index >= 15 is 0 Å². The van der Waals surface area contributed by atoms with Crippen molar-refractivity contribution in [2.45, 2.75) is 44.7 Å². The summed E-state index contributed by atoms with van der Waals surface area (Å²) in [4.78, 5) is 65.0. The minimum atomic E-state index is -1.09. The van der Waals surface area contributed by atoms with Crippen molar-refractivity contribution in [3.05, 3.63) is 42.1 Å². The summed E-state index contributed by atoms with van der Waals surface area (Å²) in [6.07, 6.45) is 1.03. The molecule has 42 heavy (non-hydrogen) atoms. The summed E-state index contributed by atoms with van der Waals surface area (Å²) in [6.45, 7) is 4.27. The number of carboxylic acids is 1. The second-order valence-electron chi connectivity index (χ2n) is 10.2. The van der Waals surface area contributed by atoms with E-state index in [1.165, 1.54) is 9.80 Å². The molecule has 2 aliphatic rings. The van der Waals surface area contributed by atoms with Gasteiger partial charge in [-0.1, -0.05) is 30.3 Å². The summed E-state index contributed by atoms with van der Waals surface area (Å²) >= 11 is 0. The molecule has 0 saturated carbocycles. The molecule has 13 nitrogen and oxygen atoms in total. The van der Waals surface area contributed by atoms with Gasteiger partial charge in [0.2, 0.25) is 5.91 Å². The van der Waals surface area contributed by atoms with E-state index in [1.807, 2.05) is 30.3 Å². The number of nitrogens with zero attached hydrogens (tertiary/aromatic N) is 5. The predicted molar refractivity (Wildman–Crippen MR) is 153 cm³/mol. The SMILES string of the molecule is CCOC(=O)N1CCN(C(=O)C(CCC(=O)O)NC(=O)c2cc(N3CCCC3COC)nc(-c3ccccc3)n2)CC1. The van der Waals surface area contributed by atoms with Gasteiger partial charge in [0.15, 0.2) is 5.82 Å². The number of carbonyl (C=O) groups is 4. The van der Waals surface area contributed by atoms with E-state index in [0.717, 1.165) is 24.9 Å². The fraction of sp³-hybridized carbons (Fsp3) is 0.517. The van der Waals surface area contributed by atoms with Gasteiger partial charge in [-0.2, -0.15) is 0 Å². The summed E-state index contributed by atoms with van der Waals surface area (Å²) in [5, 5.41) is 12.0. The van der Waals surface area contributed by atoms with Crippen molar-refractivity contribution in [2.24, 2.45) is 0 Å². The van der Waals surface area contributed by atoms with Crippen LogP contribution in [-0.2, 0) is 19.1 Å².